The van der Waals surface area contributed by atoms with Crippen LogP contribution in [0.1, 0.15) is 22.8 Å². The maximum atomic E-state index is 12.4. The molecule has 0 atom stereocenters. The molecule has 28 heavy (non-hydrogen) atoms. The number of fused-ring (bicyclic) bond motifs is 1. The summed E-state index contributed by atoms with van der Waals surface area (Å²) >= 11 is 0. The normalized spacial score (nSPS) is 14.0. The van der Waals surface area contributed by atoms with Gasteiger partial charge >= 0.3 is 0 Å². The van der Waals surface area contributed by atoms with Gasteiger partial charge in [-0.1, -0.05) is 0 Å². The number of carbonyl (C=O) groups excluding carboxylic acids is 1. The molecule has 1 aliphatic heterocycles. The van der Waals surface area contributed by atoms with Crippen LogP contribution in [-0.4, -0.2) is 47.8 Å². The Bertz CT molecular complexity index is 1110. The number of Topliss-reactive ketones (excluding diaryl/α,β-unsaturated/α-hetero) is 1. The first-order valence-electron chi connectivity index (χ1n) is 8.71. The van der Waals surface area contributed by atoms with E-state index in [1.807, 2.05) is 0 Å². The second kappa shape index (κ2) is 7.56. The molecule has 0 aliphatic carbocycles. The van der Waals surface area contributed by atoms with Gasteiger partial charge in [0.05, 0.1) is 16.3 Å². The lowest BCUT2D eigenvalue weighted by Gasteiger charge is -2.18. The van der Waals surface area contributed by atoms with Gasteiger partial charge in [-0.25, -0.2) is 16.8 Å². The molecule has 9 heteroatoms. The monoisotopic (exact) mass is 423 g/mol. The van der Waals surface area contributed by atoms with Gasteiger partial charge in [0.2, 0.25) is 10.0 Å². The third kappa shape index (κ3) is 4.20. The molecule has 0 saturated carbocycles. The van der Waals surface area contributed by atoms with Crippen molar-refractivity contribution in [2.45, 2.75) is 18.2 Å². The standard InChI is InChI=1S/C19H21NO6S2/c1-3-28(24,25)20-11-10-14-12-15(4-9-18(14)20)19(21)13-26-16-5-7-17(8-6-16)27(2,22)23/h4-9,12H,3,10-11,13H2,1-2H3. The minimum Gasteiger partial charge on any atom is -0.485 e. The molecule has 0 amide bonds. The molecule has 0 fully saturated rings. The molecule has 1 heterocycles. The quantitative estimate of drug-likeness (QED) is 0.633. The largest absolute Gasteiger partial charge is 0.485 e. The van der Waals surface area contributed by atoms with Gasteiger partial charge in [-0.05, 0) is 61.4 Å². The topological polar surface area (TPSA) is 97.8 Å². The molecule has 0 saturated heterocycles. The van der Waals surface area contributed by atoms with E-state index in [-0.39, 0.29) is 23.0 Å². The fourth-order valence-corrected chi connectivity index (χ4v) is 4.79. The van der Waals surface area contributed by atoms with Gasteiger partial charge in [0.25, 0.3) is 0 Å². The van der Waals surface area contributed by atoms with E-state index in [0.29, 0.717) is 30.0 Å². The van der Waals surface area contributed by atoms with Gasteiger partial charge in [0.1, 0.15) is 5.75 Å². The second-order valence-electron chi connectivity index (χ2n) is 6.52. The fourth-order valence-electron chi connectivity index (χ4n) is 3.00. The molecule has 1 aliphatic rings. The zero-order valence-electron chi connectivity index (χ0n) is 15.6. The Morgan fingerprint density at radius 2 is 1.75 bits per heavy atom. The molecule has 0 N–H and O–H groups in total. The number of anilines is 1. The SMILES string of the molecule is CCS(=O)(=O)N1CCc2cc(C(=O)COc3ccc(S(C)(=O)=O)cc3)ccc21. The number of ketones is 1. The van der Waals surface area contributed by atoms with Crippen molar-refractivity contribution in [2.24, 2.45) is 0 Å². The van der Waals surface area contributed by atoms with E-state index in [2.05, 4.69) is 0 Å². The van der Waals surface area contributed by atoms with Crippen molar-refractivity contribution in [3.05, 3.63) is 53.6 Å². The molecular weight excluding hydrogens is 402 g/mol. The highest BCUT2D eigenvalue weighted by Crippen LogP contribution is 2.31. The molecule has 0 spiro atoms. The number of carbonyl (C=O) groups is 1. The Balaban J connectivity index is 1.69. The maximum absolute atomic E-state index is 12.4. The smallest absolute Gasteiger partial charge is 0.234 e. The third-order valence-corrected chi connectivity index (χ3v) is 7.49. The lowest BCUT2D eigenvalue weighted by molar-refractivity contribution is 0.0921. The van der Waals surface area contributed by atoms with E-state index >= 15 is 0 Å². The van der Waals surface area contributed by atoms with E-state index in [4.69, 9.17) is 4.74 Å². The van der Waals surface area contributed by atoms with Crippen LogP contribution in [0, 0.1) is 0 Å². The van der Waals surface area contributed by atoms with Crippen LogP contribution in [0.5, 0.6) is 5.75 Å². The molecule has 0 unspecified atom stereocenters. The highest BCUT2D eigenvalue weighted by molar-refractivity contribution is 7.92. The Labute approximate surface area is 164 Å². The number of nitrogens with zero attached hydrogens (tertiary/aromatic N) is 1. The summed E-state index contributed by atoms with van der Waals surface area (Å²) < 4.78 is 54.0. The number of ether oxygens (including phenoxy) is 1. The van der Waals surface area contributed by atoms with Crippen molar-refractivity contribution >= 4 is 31.3 Å². The predicted molar refractivity (Wildman–Crippen MR) is 106 cm³/mol. The van der Waals surface area contributed by atoms with Gasteiger partial charge < -0.3 is 4.74 Å². The van der Waals surface area contributed by atoms with Crippen LogP contribution in [0.2, 0.25) is 0 Å². The van der Waals surface area contributed by atoms with Gasteiger partial charge in [-0.15, -0.1) is 0 Å². The zero-order valence-corrected chi connectivity index (χ0v) is 17.2. The molecule has 3 rings (SSSR count). The van der Waals surface area contributed by atoms with Crippen molar-refractivity contribution < 1.29 is 26.4 Å². The number of sulfone groups is 1. The van der Waals surface area contributed by atoms with Crippen LogP contribution in [0.15, 0.2) is 47.4 Å². The predicted octanol–water partition coefficient (Wildman–Crippen LogP) is 2.06. The fraction of sp³-hybridized carbons (Fsp3) is 0.316. The Morgan fingerprint density at radius 3 is 2.36 bits per heavy atom. The Morgan fingerprint density at radius 1 is 1.07 bits per heavy atom. The van der Waals surface area contributed by atoms with Gasteiger partial charge in [-0.3, -0.25) is 9.10 Å². The molecule has 7 nitrogen and oxygen atoms in total. The van der Waals surface area contributed by atoms with Crippen molar-refractivity contribution in [3.63, 3.8) is 0 Å². The summed E-state index contributed by atoms with van der Waals surface area (Å²) in [7, 11) is -6.61. The summed E-state index contributed by atoms with van der Waals surface area (Å²) in [5, 5.41) is 0. The first-order valence-corrected chi connectivity index (χ1v) is 12.2. The minimum absolute atomic E-state index is 0.0269. The van der Waals surface area contributed by atoms with Gasteiger partial charge in [0, 0.05) is 18.4 Å². The van der Waals surface area contributed by atoms with E-state index in [1.54, 1.807) is 25.1 Å². The van der Waals surface area contributed by atoms with Crippen LogP contribution in [0.4, 0.5) is 5.69 Å². The average molecular weight is 424 g/mol. The summed E-state index contributed by atoms with van der Waals surface area (Å²) in [5.74, 6) is 0.174. The number of rotatable bonds is 7. The third-order valence-electron chi connectivity index (χ3n) is 4.58. The molecule has 0 aromatic heterocycles. The second-order valence-corrected chi connectivity index (χ2v) is 10.7. The number of benzene rings is 2. The van der Waals surface area contributed by atoms with E-state index in [9.17, 15) is 21.6 Å². The number of hydrogen-bond donors (Lipinski definition) is 0. The average Bonchev–Trinajstić information content (AvgIpc) is 3.09. The summed E-state index contributed by atoms with van der Waals surface area (Å²) in [6.45, 7) is 1.78. The van der Waals surface area contributed by atoms with E-state index in [0.717, 1.165) is 11.8 Å². The van der Waals surface area contributed by atoms with E-state index < -0.39 is 19.9 Å². The molecule has 2 aromatic rings. The van der Waals surface area contributed by atoms with Crippen molar-refractivity contribution in [1.29, 1.82) is 0 Å². The molecule has 2 aromatic carbocycles. The molecular formula is C19H21NO6S2. The van der Waals surface area contributed by atoms with E-state index in [1.165, 1.54) is 28.6 Å². The first-order chi connectivity index (χ1) is 13.1. The van der Waals surface area contributed by atoms with Crippen molar-refractivity contribution in [3.8, 4) is 5.75 Å². The van der Waals surface area contributed by atoms with Crippen LogP contribution in [0.3, 0.4) is 0 Å². The van der Waals surface area contributed by atoms with Crippen LogP contribution in [-0.2, 0) is 26.3 Å². The van der Waals surface area contributed by atoms with Gasteiger partial charge in [0.15, 0.2) is 22.2 Å². The number of sulfonamides is 1. The summed E-state index contributed by atoms with van der Waals surface area (Å²) in [4.78, 5) is 12.6. The summed E-state index contributed by atoms with van der Waals surface area (Å²) in [5.41, 5.74) is 1.89. The van der Waals surface area contributed by atoms with Crippen molar-refractivity contribution in [1.82, 2.24) is 0 Å². The summed E-state index contributed by atoms with van der Waals surface area (Å²) in [6, 6.07) is 10.8. The Hall–Kier alpha value is -2.39. The zero-order chi connectivity index (χ0) is 20.5. The highest BCUT2D eigenvalue weighted by Gasteiger charge is 2.28. The first kappa shape index (κ1) is 20.3. The molecule has 0 radical (unpaired) electrons. The number of hydrogen-bond acceptors (Lipinski definition) is 6. The molecule has 150 valence electrons. The molecule has 0 bridgehead atoms. The van der Waals surface area contributed by atoms with Gasteiger partial charge in [-0.2, -0.15) is 0 Å². The van der Waals surface area contributed by atoms with Crippen LogP contribution >= 0.6 is 0 Å². The highest BCUT2D eigenvalue weighted by atomic mass is 32.2. The van der Waals surface area contributed by atoms with Crippen LogP contribution < -0.4 is 9.04 Å². The Kier molecular flexibility index (Phi) is 5.49. The minimum atomic E-state index is -3.32. The van der Waals surface area contributed by atoms with Crippen molar-refractivity contribution in [2.75, 3.05) is 29.5 Å². The van der Waals surface area contributed by atoms with Crippen LogP contribution in [0.25, 0.3) is 0 Å². The maximum Gasteiger partial charge on any atom is 0.234 e. The lowest BCUT2D eigenvalue weighted by atomic mass is 10.1. The summed E-state index contributed by atoms with van der Waals surface area (Å²) in [6.07, 6.45) is 1.68. The lowest BCUT2D eigenvalue weighted by Crippen LogP contribution is -2.30.